The van der Waals surface area contributed by atoms with Crippen LogP contribution in [0.2, 0.25) is 0 Å². The van der Waals surface area contributed by atoms with E-state index < -0.39 is 11.1 Å². The summed E-state index contributed by atoms with van der Waals surface area (Å²) in [4.78, 5) is 20.6. The van der Waals surface area contributed by atoms with E-state index in [1.165, 1.54) is 24.3 Å². The van der Waals surface area contributed by atoms with Gasteiger partial charge in [0.2, 0.25) is 0 Å². The number of hydrogen-bond donors (Lipinski definition) is 0. The average molecular weight is 229 g/mol. The monoisotopic (exact) mass is 229 g/mol. The number of carbonyl (C=O) groups is 1. The van der Waals surface area contributed by atoms with E-state index in [0.29, 0.717) is 0 Å². The van der Waals surface area contributed by atoms with Crippen LogP contribution in [0.5, 0.6) is 5.75 Å². The molecule has 0 heterocycles. The number of nitro groups is 1. The number of nitrogens with zero attached hydrogens (tertiary/aromatic N) is 1. The first-order valence-corrected chi connectivity index (χ1v) is 4.74. The van der Waals surface area contributed by atoms with E-state index in [1.807, 2.05) is 0 Å². The van der Waals surface area contributed by atoms with Gasteiger partial charge in [-0.3, -0.25) is 10.1 Å². The molecule has 7 heteroatoms. The number of ether oxygens (including phenoxy) is 2. The maximum absolute atomic E-state index is 10.8. The third kappa shape index (κ3) is 3.52. The van der Waals surface area contributed by atoms with Crippen molar-refractivity contribution in [3.05, 3.63) is 34.4 Å². The predicted molar refractivity (Wildman–Crippen MR) is 54.8 cm³/mol. The topological polar surface area (TPSA) is 78.7 Å². The van der Waals surface area contributed by atoms with Crippen LogP contribution in [0, 0.1) is 10.1 Å². The lowest BCUT2D eigenvalue weighted by Crippen LogP contribution is -2.08. The summed E-state index contributed by atoms with van der Waals surface area (Å²) in [6.07, 6.45) is -0.718. The Labute approximate surface area is 87.5 Å². The molecule has 0 fully saturated rings. The highest BCUT2D eigenvalue weighted by Crippen LogP contribution is 2.17. The maximum atomic E-state index is 10.8. The van der Waals surface area contributed by atoms with Crippen molar-refractivity contribution in [1.29, 1.82) is 0 Å². The molecule has 0 aliphatic heterocycles. The molecule has 1 unspecified atom stereocenters. The molecule has 0 aliphatic carbocycles. The van der Waals surface area contributed by atoms with Crippen LogP contribution < -0.4 is 4.74 Å². The highest BCUT2D eigenvalue weighted by Gasteiger charge is 2.07. The molecule has 0 spiro atoms. The zero-order chi connectivity index (χ0) is 11.3. The van der Waals surface area contributed by atoms with E-state index in [1.54, 1.807) is 0 Å². The van der Waals surface area contributed by atoms with E-state index in [0.717, 1.165) is 0 Å². The van der Waals surface area contributed by atoms with Crippen LogP contribution in [-0.4, -0.2) is 17.4 Å². The molecule has 1 atom stereocenters. The van der Waals surface area contributed by atoms with Gasteiger partial charge in [0.1, 0.15) is 12.1 Å². The molecule has 1 rings (SSSR count). The fourth-order valence-electron chi connectivity index (χ4n) is 0.830. The fraction of sp³-hybridized carbons (Fsp3) is 0.125. The molecular formula is C8H8NO5P. The second-order valence-corrected chi connectivity index (χ2v) is 2.75. The summed E-state index contributed by atoms with van der Waals surface area (Å²) < 4.78 is 9.18. The van der Waals surface area contributed by atoms with E-state index in [-0.39, 0.29) is 17.8 Å². The van der Waals surface area contributed by atoms with Crippen LogP contribution >= 0.6 is 9.24 Å². The van der Waals surface area contributed by atoms with Gasteiger partial charge in [0.15, 0.2) is 0 Å². The number of hydrogen-bond acceptors (Lipinski definition) is 5. The summed E-state index contributed by atoms with van der Waals surface area (Å²) in [7, 11) is 2.20. The second kappa shape index (κ2) is 5.26. The molecule has 0 aliphatic rings. The van der Waals surface area contributed by atoms with Gasteiger partial charge in [-0.25, -0.2) is 4.79 Å². The Kier molecular flexibility index (Phi) is 4.00. The Balaban J connectivity index is 2.64. The summed E-state index contributed by atoms with van der Waals surface area (Å²) in [6, 6.07) is 5.12. The lowest BCUT2D eigenvalue weighted by atomic mass is 10.3. The van der Waals surface area contributed by atoms with Gasteiger partial charge in [-0.2, -0.15) is 0 Å². The molecule has 0 bridgehead atoms. The zero-order valence-electron chi connectivity index (χ0n) is 7.58. The molecule has 1 aromatic rings. The molecular weight excluding hydrogens is 221 g/mol. The lowest BCUT2D eigenvalue weighted by molar-refractivity contribution is -0.384. The highest BCUT2D eigenvalue weighted by atomic mass is 31.0. The molecule has 1 aromatic carbocycles. The van der Waals surface area contributed by atoms with Crippen LogP contribution in [0.3, 0.4) is 0 Å². The number of nitro benzene ring substituents is 1. The van der Waals surface area contributed by atoms with Crippen molar-refractivity contribution >= 4 is 21.1 Å². The average Bonchev–Trinajstić information content (AvgIpc) is 2.18. The third-order valence-electron chi connectivity index (χ3n) is 1.45. The van der Waals surface area contributed by atoms with Gasteiger partial charge in [0, 0.05) is 12.1 Å². The number of non-ortho nitro benzene ring substituents is 1. The van der Waals surface area contributed by atoms with Crippen LogP contribution in [-0.2, 0) is 4.74 Å². The SMILES string of the molecule is O=C(OCP)Oc1ccc([N+](=O)[O-])cc1. The van der Waals surface area contributed by atoms with E-state index in [4.69, 9.17) is 4.74 Å². The molecule has 0 amide bonds. The van der Waals surface area contributed by atoms with Crippen LogP contribution in [0.4, 0.5) is 10.5 Å². The minimum Gasteiger partial charge on any atom is -0.430 e. The van der Waals surface area contributed by atoms with Crippen molar-refractivity contribution in [2.75, 3.05) is 6.35 Å². The van der Waals surface area contributed by atoms with Crippen LogP contribution in [0.25, 0.3) is 0 Å². The Morgan fingerprint density at radius 3 is 2.47 bits per heavy atom. The van der Waals surface area contributed by atoms with Gasteiger partial charge in [-0.05, 0) is 12.1 Å². The van der Waals surface area contributed by atoms with Gasteiger partial charge in [-0.15, -0.1) is 0 Å². The number of rotatable bonds is 3. The minimum atomic E-state index is -0.848. The Morgan fingerprint density at radius 1 is 1.40 bits per heavy atom. The lowest BCUT2D eigenvalue weighted by Gasteiger charge is -2.02. The summed E-state index contributed by atoms with van der Waals surface area (Å²) in [5.74, 6) is 0.198. The van der Waals surface area contributed by atoms with Gasteiger partial charge < -0.3 is 9.47 Å². The summed E-state index contributed by atoms with van der Waals surface area (Å²) in [5, 5.41) is 10.3. The molecule has 0 saturated carbocycles. The Bertz CT molecular complexity index is 364. The molecule has 80 valence electrons. The van der Waals surface area contributed by atoms with Crippen molar-refractivity contribution in [3.63, 3.8) is 0 Å². The van der Waals surface area contributed by atoms with Crippen LogP contribution in [0.15, 0.2) is 24.3 Å². The van der Waals surface area contributed by atoms with Crippen molar-refractivity contribution in [2.24, 2.45) is 0 Å². The Hall–Kier alpha value is -1.68. The van der Waals surface area contributed by atoms with Gasteiger partial charge in [-0.1, -0.05) is 9.24 Å². The fourth-order valence-corrected chi connectivity index (χ4v) is 0.966. The second-order valence-electron chi connectivity index (χ2n) is 2.41. The first kappa shape index (κ1) is 11.4. The molecule has 0 N–H and O–H groups in total. The normalized spacial score (nSPS) is 9.40. The van der Waals surface area contributed by atoms with Gasteiger partial charge in [0.25, 0.3) is 5.69 Å². The molecule has 0 saturated heterocycles. The first-order valence-electron chi connectivity index (χ1n) is 3.92. The smallest absolute Gasteiger partial charge is 0.430 e. The van der Waals surface area contributed by atoms with Crippen molar-refractivity contribution < 1.29 is 19.2 Å². The number of carbonyl (C=O) groups excluding carboxylic acids is 1. The predicted octanol–water partition coefficient (Wildman–Crippen LogP) is 1.94. The third-order valence-corrected chi connectivity index (χ3v) is 1.62. The van der Waals surface area contributed by atoms with E-state index in [9.17, 15) is 14.9 Å². The molecule has 6 nitrogen and oxygen atoms in total. The molecule has 0 radical (unpaired) electrons. The van der Waals surface area contributed by atoms with Gasteiger partial charge in [0.05, 0.1) is 4.92 Å². The summed E-state index contributed by atoms with van der Waals surface area (Å²) in [5.41, 5.74) is -0.0678. The van der Waals surface area contributed by atoms with Crippen molar-refractivity contribution in [2.45, 2.75) is 0 Å². The molecule has 15 heavy (non-hydrogen) atoms. The highest BCUT2D eigenvalue weighted by molar-refractivity contribution is 7.16. The van der Waals surface area contributed by atoms with E-state index >= 15 is 0 Å². The van der Waals surface area contributed by atoms with Gasteiger partial charge >= 0.3 is 6.16 Å². The Morgan fingerprint density at radius 2 is 2.00 bits per heavy atom. The maximum Gasteiger partial charge on any atom is 0.514 e. The zero-order valence-corrected chi connectivity index (χ0v) is 8.74. The minimum absolute atomic E-state index is 0.0678. The standard InChI is InChI=1S/C8H8NO5P/c10-8(13-5-15)14-7-3-1-6(2-4-7)9(11)12/h1-4H,5,15H2. The van der Waals surface area contributed by atoms with Crippen LogP contribution in [0.1, 0.15) is 0 Å². The molecule has 0 aromatic heterocycles. The summed E-state index contributed by atoms with van der Waals surface area (Å²) >= 11 is 0. The van der Waals surface area contributed by atoms with Crippen molar-refractivity contribution in [1.82, 2.24) is 0 Å². The first-order chi connectivity index (χ1) is 7.13. The summed E-state index contributed by atoms with van der Waals surface area (Å²) in [6.45, 7) is 0. The largest absolute Gasteiger partial charge is 0.514 e. The quantitative estimate of drug-likeness (QED) is 0.260. The van der Waals surface area contributed by atoms with E-state index in [2.05, 4.69) is 14.0 Å². The number of benzene rings is 1. The van der Waals surface area contributed by atoms with Crippen molar-refractivity contribution in [3.8, 4) is 5.75 Å².